The SMILES string of the molecule is Cl.O=C(NCCc1ccc(-n2cccn2)cc1)C1CC12CCNCC2. The van der Waals surface area contributed by atoms with Crippen molar-refractivity contribution in [2.45, 2.75) is 25.7 Å². The predicted octanol–water partition coefficient (Wildman–Crippen LogP) is 2.34. The van der Waals surface area contributed by atoms with Gasteiger partial charge in [-0.05, 0) is 68.0 Å². The molecule has 5 nitrogen and oxygen atoms in total. The van der Waals surface area contributed by atoms with Gasteiger partial charge in [-0.25, -0.2) is 4.68 Å². The Balaban J connectivity index is 0.00000182. The Bertz CT molecular complexity index is 693. The van der Waals surface area contributed by atoms with Gasteiger partial charge in [-0.2, -0.15) is 5.10 Å². The van der Waals surface area contributed by atoms with E-state index in [1.54, 1.807) is 6.20 Å². The molecular weight excluding hydrogens is 336 g/mol. The fourth-order valence-electron chi connectivity index (χ4n) is 3.89. The second kappa shape index (κ2) is 7.58. The van der Waals surface area contributed by atoms with Crippen LogP contribution in [-0.4, -0.2) is 35.3 Å². The Morgan fingerprint density at radius 3 is 2.72 bits per heavy atom. The molecule has 1 spiro atoms. The van der Waals surface area contributed by atoms with Gasteiger partial charge in [0.2, 0.25) is 5.91 Å². The Labute approximate surface area is 154 Å². The molecule has 4 rings (SSSR count). The minimum Gasteiger partial charge on any atom is -0.356 e. The molecule has 1 saturated carbocycles. The van der Waals surface area contributed by atoms with Crippen LogP contribution in [0.25, 0.3) is 5.69 Å². The van der Waals surface area contributed by atoms with E-state index in [0.717, 1.165) is 44.5 Å². The highest BCUT2D eigenvalue weighted by atomic mass is 35.5. The number of aromatic nitrogens is 2. The molecule has 1 aromatic heterocycles. The topological polar surface area (TPSA) is 59.0 Å². The van der Waals surface area contributed by atoms with Crippen LogP contribution in [0.3, 0.4) is 0 Å². The maximum Gasteiger partial charge on any atom is 0.223 e. The van der Waals surface area contributed by atoms with Gasteiger partial charge in [-0.15, -0.1) is 12.4 Å². The first kappa shape index (κ1) is 18.0. The first-order valence-electron chi connectivity index (χ1n) is 8.84. The molecule has 2 fully saturated rings. The van der Waals surface area contributed by atoms with Crippen LogP contribution >= 0.6 is 12.4 Å². The fourth-order valence-corrected chi connectivity index (χ4v) is 3.89. The maximum atomic E-state index is 12.3. The smallest absolute Gasteiger partial charge is 0.223 e. The summed E-state index contributed by atoms with van der Waals surface area (Å²) in [7, 11) is 0. The lowest BCUT2D eigenvalue weighted by molar-refractivity contribution is -0.123. The van der Waals surface area contributed by atoms with Crippen LogP contribution in [0.2, 0.25) is 0 Å². The van der Waals surface area contributed by atoms with Crippen LogP contribution in [0.15, 0.2) is 42.7 Å². The average molecular weight is 361 g/mol. The number of nitrogens with one attached hydrogen (secondary N) is 2. The van der Waals surface area contributed by atoms with Gasteiger partial charge in [-0.3, -0.25) is 4.79 Å². The Hall–Kier alpha value is -1.85. The molecule has 134 valence electrons. The molecule has 2 N–H and O–H groups in total. The van der Waals surface area contributed by atoms with Crippen LogP contribution in [-0.2, 0) is 11.2 Å². The number of piperidine rings is 1. The normalized spacial score (nSPS) is 20.7. The van der Waals surface area contributed by atoms with Crippen LogP contribution in [0.5, 0.6) is 0 Å². The van der Waals surface area contributed by atoms with Gasteiger partial charge in [0.15, 0.2) is 0 Å². The highest BCUT2D eigenvalue weighted by Crippen LogP contribution is 2.58. The molecule has 1 aromatic carbocycles. The third-order valence-corrected chi connectivity index (χ3v) is 5.52. The molecular formula is C19H25ClN4O. The summed E-state index contributed by atoms with van der Waals surface area (Å²) < 4.78 is 1.84. The zero-order valence-corrected chi connectivity index (χ0v) is 15.1. The summed E-state index contributed by atoms with van der Waals surface area (Å²) in [6.45, 7) is 2.84. The molecule has 2 heterocycles. The molecule has 1 amide bonds. The highest BCUT2D eigenvalue weighted by molar-refractivity contribution is 5.85. The summed E-state index contributed by atoms with van der Waals surface area (Å²) in [6.07, 6.45) is 7.96. The lowest BCUT2D eigenvalue weighted by atomic mass is 9.92. The lowest BCUT2D eigenvalue weighted by Crippen LogP contribution is -2.34. The van der Waals surface area contributed by atoms with E-state index in [-0.39, 0.29) is 24.2 Å². The van der Waals surface area contributed by atoms with Crippen LogP contribution in [0.4, 0.5) is 0 Å². The molecule has 1 atom stereocenters. The zero-order chi connectivity index (χ0) is 16.4. The summed E-state index contributed by atoms with van der Waals surface area (Å²) in [6, 6.07) is 10.3. The van der Waals surface area contributed by atoms with Crippen molar-refractivity contribution in [1.29, 1.82) is 0 Å². The summed E-state index contributed by atoms with van der Waals surface area (Å²) in [4.78, 5) is 12.3. The minimum atomic E-state index is 0. The molecule has 1 aliphatic carbocycles. The molecule has 2 aromatic rings. The van der Waals surface area contributed by atoms with Crippen LogP contribution in [0, 0.1) is 11.3 Å². The van der Waals surface area contributed by atoms with Crippen molar-refractivity contribution in [3.63, 3.8) is 0 Å². The highest BCUT2D eigenvalue weighted by Gasteiger charge is 2.57. The predicted molar refractivity (Wildman–Crippen MR) is 100 cm³/mol. The number of hydrogen-bond acceptors (Lipinski definition) is 3. The molecule has 2 aliphatic rings. The number of halogens is 1. The van der Waals surface area contributed by atoms with E-state index in [9.17, 15) is 4.79 Å². The van der Waals surface area contributed by atoms with Crippen molar-refractivity contribution >= 4 is 18.3 Å². The van der Waals surface area contributed by atoms with Crippen LogP contribution in [0.1, 0.15) is 24.8 Å². The lowest BCUT2D eigenvalue weighted by Gasteiger charge is -2.23. The van der Waals surface area contributed by atoms with E-state index in [1.165, 1.54) is 5.56 Å². The number of carbonyl (C=O) groups excluding carboxylic acids is 1. The van der Waals surface area contributed by atoms with Gasteiger partial charge in [0, 0.05) is 24.9 Å². The third-order valence-electron chi connectivity index (χ3n) is 5.52. The summed E-state index contributed by atoms with van der Waals surface area (Å²) in [5, 5.41) is 10.7. The van der Waals surface area contributed by atoms with E-state index >= 15 is 0 Å². The first-order valence-corrected chi connectivity index (χ1v) is 8.84. The number of carbonyl (C=O) groups is 1. The largest absolute Gasteiger partial charge is 0.356 e. The monoisotopic (exact) mass is 360 g/mol. The van der Waals surface area contributed by atoms with Gasteiger partial charge in [0.1, 0.15) is 0 Å². The Morgan fingerprint density at radius 1 is 1.28 bits per heavy atom. The van der Waals surface area contributed by atoms with E-state index < -0.39 is 0 Å². The summed E-state index contributed by atoms with van der Waals surface area (Å²) >= 11 is 0. The minimum absolute atomic E-state index is 0. The first-order chi connectivity index (χ1) is 11.8. The molecule has 25 heavy (non-hydrogen) atoms. The average Bonchev–Trinajstić information content (AvgIpc) is 3.06. The van der Waals surface area contributed by atoms with Crippen molar-refractivity contribution in [3.8, 4) is 5.69 Å². The third kappa shape index (κ3) is 3.88. The molecule has 1 saturated heterocycles. The van der Waals surface area contributed by atoms with E-state index in [4.69, 9.17) is 0 Å². The number of benzene rings is 1. The standard InChI is InChI=1S/C19H24N4O.ClH/c24-18(17-14-19(17)7-11-20-12-8-19)21-10-6-15-2-4-16(5-3-15)23-13-1-9-22-23;/h1-5,9,13,17,20H,6-8,10-12,14H2,(H,21,24);1H. The van der Waals surface area contributed by atoms with Gasteiger partial charge in [0.25, 0.3) is 0 Å². The Kier molecular flexibility index (Phi) is 5.45. The van der Waals surface area contributed by atoms with Gasteiger partial charge < -0.3 is 10.6 Å². The molecule has 0 radical (unpaired) electrons. The van der Waals surface area contributed by atoms with Crippen molar-refractivity contribution < 1.29 is 4.79 Å². The number of rotatable bonds is 5. The summed E-state index contributed by atoms with van der Waals surface area (Å²) in [5.41, 5.74) is 2.61. The van der Waals surface area contributed by atoms with Crippen molar-refractivity contribution in [2.75, 3.05) is 19.6 Å². The number of hydrogen-bond donors (Lipinski definition) is 2. The maximum absolute atomic E-state index is 12.3. The summed E-state index contributed by atoms with van der Waals surface area (Å²) in [5.74, 6) is 0.506. The second-order valence-corrected chi connectivity index (χ2v) is 7.03. The molecule has 0 bridgehead atoms. The molecule has 1 unspecified atom stereocenters. The van der Waals surface area contributed by atoms with Gasteiger partial charge >= 0.3 is 0 Å². The van der Waals surface area contributed by atoms with Crippen molar-refractivity contribution in [3.05, 3.63) is 48.3 Å². The van der Waals surface area contributed by atoms with E-state index in [2.05, 4.69) is 40.0 Å². The van der Waals surface area contributed by atoms with Gasteiger partial charge in [0.05, 0.1) is 5.69 Å². The Morgan fingerprint density at radius 2 is 2.04 bits per heavy atom. The second-order valence-electron chi connectivity index (χ2n) is 7.03. The fraction of sp³-hybridized carbons (Fsp3) is 0.474. The zero-order valence-electron chi connectivity index (χ0n) is 14.3. The van der Waals surface area contributed by atoms with E-state index in [1.807, 2.05) is 16.9 Å². The van der Waals surface area contributed by atoms with Crippen molar-refractivity contribution in [2.24, 2.45) is 11.3 Å². The number of nitrogens with zero attached hydrogens (tertiary/aromatic N) is 2. The number of amides is 1. The quantitative estimate of drug-likeness (QED) is 0.860. The van der Waals surface area contributed by atoms with Crippen LogP contribution < -0.4 is 10.6 Å². The molecule has 6 heteroatoms. The van der Waals surface area contributed by atoms with Crippen molar-refractivity contribution in [1.82, 2.24) is 20.4 Å². The molecule has 1 aliphatic heterocycles. The van der Waals surface area contributed by atoms with Gasteiger partial charge in [-0.1, -0.05) is 12.1 Å². The van der Waals surface area contributed by atoms with E-state index in [0.29, 0.717) is 12.0 Å².